The Bertz CT molecular complexity index is 449. The lowest BCUT2D eigenvalue weighted by Crippen LogP contribution is -2.38. The Morgan fingerprint density at radius 1 is 1.29 bits per heavy atom. The molecule has 0 bridgehead atoms. The van der Waals surface area contributed by atoms with Gasteiger partial charge in [-0.3, -0.25) is 4.79 Å². The minimum atomic E-state index is -0.422. The number of nitrogens with zero attached hydrogens (tertiary/aromatic N) is 1. The molecule has 4 N–H and O–H groups in total. The van der Waals surface area contributed by atoms with Crippen molar-refractivity contribution in [2.24, 2.45) is 10.7 Å². The lowest BCUT2D eigenvalue weighted by atomic mass is 10.1. The van der Waals surface area contributed by atoms with Crippen LogP contribution in [0.2, 0.25) is 0 Å². The van der Waals surface area contributed by atoms with E-state index in [1.165, 1.54) is 0 Å². The highest BCUT2D eigenvalue weighted by Crippen LogP contribution is 2.05. The first-order valence-electron chi connectivity index (χ1n) is 6.57. The molecule has 1 aromatic carbocycles. The van der Waals surface area contributed by atoms with E-state index in [4.69, 9.17) is 10.5 Å². The highest BCUT2D eigenvalue weighted by atomic mass is 127. The van der Waals surface area contributed by atoms with Crippen molar-refractivity contribution in [3.63, 3.8) is 0 Å². The van der Waals surface area contributed by atoms with Crippen molar-refractivity contribution < 1.29 is 9.53 Å². The van der Waals surface area contributed by atoms with Crippen LogP contribution in [-0.2, 0) is 11.3 Å². The van der Waals surface area contributed by atoms with Crippen LogP contribution in [0.25, 0.3) is 0 Å². The molecule has 118 valence electrons. The van der Waals surface area contributed by atoms with Gasteiger partial charge in [0.15, 0.2) is 5.96 Å². The molecule has 0 aliphatic heterocycles. The number of benzene rings is 1. The third-order valence-corrected chi connectivity index (χ3v) is 2.60. The number of rotatable bonds is 7. The van der Waals surface area contributed by atoms with Crippen LogP contribution in [0.4, 0.5) is 0 Å². The highest BCUT2D eigenvalue weighted by molar-refractivity contribution is 14.0. The second kappa shape index (κ2) is 11.3. The van der Waals surface area contributed by atoms with Gasteiger partial charge in [0.25, 0.3) is 0 Å². The maximum absolute atomic E-state index is 11.0. The minimum absolute atomic E-state index is 0. The fourth-order valence-corrected chi connectivity index (χ4v) is 1.56. The first-order valence-corrected chi connectivity index (χ1v) is 6.57. The summed E-state index contributed by atoms with van der Waals surface area (Å²) in [5.74, 6) is 0.318. The molecule has 0 radical (unpaired) electrons. The monoisotopic (exact) mass is 406 g/mol. The fraction of sp³-hybridized carbons (Fsp3) is 0.429. The average molecular weight is 406 g/mol. The van der Waals surface area contributed by atoms with Crippen molar-refractivity contribution >= 4 is 35.8 Å². The number of hydrogen-bond acceptors (Lipinski definition) is 3. The standard InChI is InChI=1S/C14H22N4O2.HI/c1-3-16-14(17-8-9-20-2)18-10-11-4-6-12(7-5-11)13(15)19;/h4-7H,3,8-10H2,1-2H3,(H2,15,19)(H2,16,17,18);1H. The summed E-state index contributed by atoms with van der Waals surface area (Å²) >= 11 is 0. The van der Waals surface area contributed by atoms with E-state index < -0.39 is 5.91 Å². The zero-order chi connectivity index (χ0) is 14.8. The SMILES string of the molecule is CCNC(=NCc1ccc(C(N)=O)cc1)NCCOC.I. The molecule has 0 aromatic heterocycles. The highest BCUT2D eigenvalue weighted by Gasteiger charge is 2.00. The topological polar surface area (TPSA) is 88.7 Å². The van der Waals surface area contributed by atoms with E-state index in [9.17, 15) is 4.79 Å². The Morgan fingerprint density at radius 2 is 1.95 bits per heavy atom. The lowest BCUT2D eigenvalue weighted by Gasteiger charge is -2.10. The number of nitrogens with one attached hydrogen (secondary N) is 2. The van der Waals surface area contributed by atoms with Crippen molar-refractivity contribution in [3.05, 3.63) is 35.4 Å². The maximum Gasteiger partial charge on any atom is 0.248 e. The van der Waals surface area contributed by atoms with Crippen molar-refractivity contribution in [1.82, 2.24) is 10.6 Å². The van der Waals surface area contributed by atoms with E-state index in [0.29, 0.717) is 25.3 Å². The van der Waals surface area contributed by atoms with E-state index in [1.807, 2.05) is 19.1 Å². The number of methoxy groups -OCH3 is 1. The van der Waals surface area contributed by atoms with Gasteiger partial charge in [0, 0.05) is 25.8 Å². The maximum atomic E-state index is 11.0. The Labute approximate surface area is 142 Å². The predicted octanol–water partition coefficient (Wildman–Crippen LogP) is 1.11. The smallest absolute Gasteiger partial charge is 0.248 e. The van der Waals surface area contributed by atoms with E-state index in [-0.39, 0.29) is 24.0 Å². The molecule has 1 amide bonds. The van der Waals surface area contributed by atoms with Crippen LogP contribution in [0.1, 0.15) is 22.8 Å². The van der Waals surface area contributed by atoms with Gasteiger partial charge in [0.2, 0.25) is 5.91 Å². The summed E-state index contributed by atoms with van der Waals surface area (Å²) in [6.07, 6.45) is 0. The fourth-order valence-electron chi connectivity index (χ4n) is 1.56. The number of amides is 1. The Hall–Kier alpha value is -1.35. The van der Waals surface area contributed by atoms with E-state index in [2.05, 4.69) is 15.6 Å². The van der Waals surface area contributed by atoms with Gasteiger partial charge in [-0.05, 0) is 24.6 Å². The number of ether oxygens (including phenoxy) is 1. The summed E-state index contributed by atoms with van der Waals surface area (Å²) in [6, 6.07) is 7.11. The molecule has 0 aliphatic carbocycles. The summed E-state index contributed by atoms with van der Waals surface area (Å²) in [5, 5.41) is 6.31. The van der Waals surface area contributed by atoms with Crippen LogP contribution >= 0.6 is 24.0 Å². The summed E-state index contributed by atoms with van der Waals surface area (Å²) in [7, 11) is 1.66. The van der Waals surface area contributed by atoms with Crippen LogP contribution in [0.15, 0.2) is 29.3 Å². The number of halogens is 1. The van der Waals surface area contributed by atoms with Gasteiger partial charge in [-0.25, -0.2) is 4.99 Å². The van der Waals surface area contributed by atoms with Gasteiger partial charge in [-0.1, -0.05) is 12.1 Å². The van der Waals surface area contributed by atoms with E-state index in [1.54, 1.807) is 19.2 Å². The van der Waals surface area contributed by atoms with E-state index in [0.717, 1.165) is 18.1 Å². The molecule has 0 saturated carbocycles. The molecule has 1 rings (SSSR count). The quantitative estimate of drug-likeness (QED) is 0.274. The number of nitrogens with two attached hydrogens (primary N) is 1. The van der Waals surface area contributed by atoms with Gasteiger partial charge in [-0.15, -0.1) is 24.0 Å². The third kappa shape index (κ3) is 7.86. The van der Waals surface area contributed by atoms with Gasteiger partial charge in [0.1, 0.15) is 0 Å². The Morgan fingerprint density at radius 3 is 2.48 bits per heavy atom. The number of aliphatic imine (C=N–C) groups is 1. The van der Waals surface area contributed by atoms with Gasteiger partial charge >= 0.3 is 0 Å². The molecule has 0 heterocycles. The summed E-state index contributed by atoms with van der Waals surface area (Å²) in [6.45, 7) is 4.65. The van der Waals surface area contributed by atoms with Gasteiger partial charge in [-0.2, -0.15) is 0 Å². The van der Waals surface area contributed by atoms with E-state index >= 15 is 0 Å². The molecule has 0 spiro atoms. The summed E-state index contributed by atoms with van der Waals surface area (Å²) in [4.78, 5) is 15.4. The molecule has 7 heteroatoms. The number of hydrogen-bond donors (Lipinski definition) is 3. The number of carbonyl (C=O) groups excluding carboxylic acids is 1. The third-order valence-electron chi connectivity index (χ3n) is 2.60. The molecule has 0 unspecified atom stereocenters. The predicted molar refractivity (Wildman–Crippen MR) is 95.1 cm³/mol. The van der Waals surface area contributed by atoms with Crippen LogP contribution in [0.3, 0.4) is 0 Å². The lowest BCUT2D eigenvalue weighted by molar-refractivity contribution is 0.100. The van der Waals surface area contributed by atoms with Crippen LogP contribution in [0.5, 0.6) is 0 Å². The number of carbonyl (C=O) groups is 1. The molecule has 21 heavy (non-hydrogen) atoms. The zero-order valence-electron chi connectivity index (χ0n) is 12.4. The first-order chi connectivity index (χ1) is 9.67. The molecular formula is C14H23IN4O2. The molecule has 1 aromatic rings. The molecule has 0 saturated heterocycles. The number of guanidine groups is 1. The first kappa shape index (κ1) is 19.7. The summed E-state index contributed by atoms with van der Waals surface area (Å²) in [5.41, 5.74) is 6.71. The average Bonchev–Trinajstić information content (AvgIpc) is 2.45. The largest absolute Gasteiger partial charge is 0.383 e. The van der Waals surface area contributed by atoms with Crippen LogP contribution in [-0.4, -0.2) is 38.7 Å². The Kier molecular flexibility index (Phi) is 10.6. The molecular weight excluding hydrogens is 383 g/mol. The van der Waals surface area contributed by atoms with Crippen LogP contribution < -0.4 is 16.4 Å². The summed E-state index contributed by atoms with van der Waals surface area (Å²) < 4.78 is 4.98. The molecule has 0 atom stereocenters. The van der Waals surface area contributed by atoms with Crippen molar-refractivity contribution in [3.8, 4) is 0 Å². The van der Waals surface area contributed by atoms with Crippen LogP contribution in [0, 0.1) is 0 Å². The molecule has 6 nitrogen and oxygen atoms in total. The van der Waals surface area contributed by atoms with Gasteiger partial charge in [0.05, 0.1) is 13.2 Å². The van der Waals surface area contributed by atoms with Crippen molar-refractivity contribution in [2.45, 2.75) is 13.5 Å². The van der Waals surface area contributed by atoms with Gasteiger partial charge < -0.3 is 21.1 Å². The minimum Gasteiger partial charge on any atom is -0.383 e. The molecule has 0 fully saturated rings. The van der Waals surface area contributed by atoms with Crippen molar-refractivity contribution in [1.29, 1.82) is 0 Å². The Balaban J connectivity index is 0.00000400. The number of primary amides is 1. The second-order valence-electron chi connectivity index (χ2n) is 4.18. The zero-order valence-corrected chi connectivity index (χ0v) is 14.7. The second-order valence-corrected chi connectivity index (χ2v) is 4.18. The molecule has 0 aliphatic rings. The normalized spacial score (nSPS) is 10.7. The van der Waals surface area contributed by atoms with Crippen molar-refractivity contribution in [2.75, 3.05) is 26.8 Å².